The maximum Gasteiger partial charge on any atom is 0.0343 e. The molecule has 2 heteroatoms. The first kappa shape index (κ1) is 14.6. The van der Waals surface area contributed by atoms with Crippen molar-refractivity contribution in [1.82, 2.24) is 5.32 Å². The zero-order valence-corrected chi connectivity index (χ0v) is 12.3. The molecule has 0 saturated carbocycles. The highest BCUT2D eigenvalue weighted by Gasteiger charge is 2.15. The lowest BCUT2D eigenvalue weighted by atomic mass is 9.95. The summed E-state index contributed by atoms with van der Waals surface area (Å²) >= 11 is 1.93. The van der Waals surface area contributed by atoms with Crippen molar-refractivity contribution >= 4 is 11.8 Å². The topological polar surface area (TPSA) is 12.0 Å². The van der Waals surface area contributed by atoms with Crippen molar-refractivity contribution < 1.29 is 0 Å². The Morgan fingerprint density at radius 1 is 1.12 bits per heavy atom. The Hall–Kier alpha value is -0.470. The van der Waals surface area contributed by atoms with Gasteiger partial charge >= 0.3 is 0 Å². The van der Waals surface area contributed by atoms with Crippen LogP contribution in [0.5, 0.6) is 0 Å². The largest absolute Gasteiger partial charge is 0.309 e. The molecule has 0 radical (unpaired) electrons. The van der Waals surface area contributed by atoms with E-state index in [-0.39, 0.29) is 0 Å². The molecule has 0 aliphatic rings. The van der Waals surface area contributed by atoms with Crippen LogP contribution in [0.15, 0.2) is 30.3 Å². The molecular formula is C15H25NS. The third kappa shape index (κ3) is 5.13. The lowest BCUT2D eigenvalue weighted by Gasteiger charge is -2.24. The van der Waals surface area contributed by atoms with Crippen molar-refractivity contribution in [2.75, 3.05) is 18.6 Å². The van der Waals surface area contributed by atoms with Crippen LogP contribution in [0.1, 0.15) is 32.4 Å². The SMILES string of the molecule is CSCC(C)CNC(c1ccccc1)C(C)C. The van der Waals surface area contributed by atoms with Gasteiger partial charge in [-0.2, -0.15) is 11.8 Å². The van der Waals surface area contributed by atoms with E-state index < -0.39 is 0 Å². The summed E-state index contributed by atoms with van der Waals surface area (Å²) in [6, 6.07) is 11.2. The molecule has 0 bridgehead atoms. The van der Waals surface area contributed by atoms with Gasteiger partial charge in [0.25, 0.3) is 0 Å². The number of hydrogen-bond acceptors (Lipinski definition) is 2. The Morgan fingerprint density at radius 2 is 1.76 bits per heavy atom. The van der Waals surface area contributed by atoms with Gasteiger partial charge < -0.3 is 5.32 Å². The van der Waals surface area contributed by atoms with Crippen molar-refractivity contribution in [2.45, 2.75) is 26.8 Å². The normalized spacial score (nSPS) is 14.9. The molecule has 1 N–H and O–H groups in total. The van der Waals surface area contributed by atoms with Crippen LogP contribution >= 0.6 is 11.8 Å². The van der Waals surface area contributed by atoms with Gasteiger partial charge in [-0.25, -0.2) is 0 Å². The molecule has 0 spiro atoms. The Morgan fingerprint density at radius 3 is 2.29 bits per heavy atom. The predicted octanol–water partition coefficient (Wildman–Crippen LogP) is 3.97. The average Bonchev–Trinajstić information content (AvgIpc) is 2.30. The molecule has 0 fully saturated rings. The highest BCUT2D eigenvalue weighted by atomic mass is 32.2. The van der Waals surface area contributed by atoms with E-state index >= 15 is 0 Å². The number of benzene rings is 1. The summed E-state index contributed by atoms with van der Waals surface area (Å²) in [7, 11) is 0. The molecule has 0 aliphatic heterocycles. The number of nitrogens with one attached hydrogen (secondary N) is 1. The first-order chi connectivity index (χ1) is 8.15. The molecule has 0 heterocycles. The van der Waals surface area contributed by atoms with Gasteiger partial charge in [0.05, 0.1) is 0 Å². The third-order valence-corrected chi connectivity index (χ3v) is 3.87. The summed E-state index contributed by atoms with van der Waals surface area (Å²) in [6.07, 6.45) is 2.17. The summed E-state index contributed by atoms with van der Waals surface area (Å²) in [4.78, 5) is 0. The van der Waals surface area contributed by atoms with E-state index in [4.69, 9.17) is 0 Å². The Labute approximate surface area is 110 Å². The molecule has 1 aromatic rings. The van der Waals surface area contributed by atoms with E-state index in [1.807, 2.05) is 11.8 Å². The van der Waals surface area contributed by atoms with Crippen molar-refractivity contribution in [3.05, 3.63) is 35.9 Å². The van der Waals surface area contributed by atoms with Crippen LogP contribution in [0.4, 0.5) is 0 Å². The monoisotopic (exact) mass is 251 g/mol. The van der Waals surface area contributed by atoms with Crippen LogP contribution in [0.25, 0.3) is 0 Å². The van der Waals surface area contributed by atoms with Gasteiger partial charge in [-0.15, -0.1) is 0 Å². The smallest absolute Gasteiger partial charge is 0.0343 e. The molecule has 0 amide bonds. The summed E-state index contributed by atoms with van der Waals surface area (Å²) < 4.78 is 0. The van der Waals surface area contributed by atoms with Gasteiger partial charge in [0.15, 0.2) is 0 Å². The summed E-state index contributed by atoms with van der Waals surface area (Å²) in [5, 5.41) is 3.71. The van der Waals surface area contributed by atoms with Crippen LogP contribution in [0, 0.1) is 11.8 Å². The standard InChI is InChI=1S/C15H25NS/c1-12(2)15(14-8-6-5-7-9-14)16-10-13(3)11-17-4/h5-9,12-13,15-16H,10-11H2,1-4H3. The highest BCUT2D eigenvalue weighted by molar-refractivity contribution is 7.98. The Balaban J connectivity index is 2.56. The molecule has 1 nitrogen and oxygen atoms in total. The molecule has 0 saturated heterocycles. The van der Waals surface area contributed by atoms with E-state index in [9.17, 15) is 0 Å². The third-order valence-electron chi connectivity index (χ3n) is 2.96. The Bertz CT molecular complexity index is 297. The molecular weight excluding hydrogens is 226 g/mol. The molecule has 2 atom stereocenters. The van der Waals surface area contributed by atoms with Gasteiger partial charge in [0.1, 0.15) is 0 Å². The molecule has 96 valence electrons. The average molecular weight is 251 g/mol. The molecule has 1 aromatic carbocycles. The van der Waals surface area contributed by atoms with E-state index in [1.165, 1.54) is 11.3 Å². The predicted molar refractivity (Wildman–Crippen MR) is 79.6 cm³/mol. The van der Waals surface area contributed by atoms with E-state index in [1.54, 1.807) is 0 Å². The van der Waals surface area contributed by atoms with Crippen molar-refractivity contribution in [3.8, 4) is 0 Å². The zero-order chi connectivity index (χ0) is 12.7. The van der Waals surface area contributed by atoms with Gasteiger partial charge in [-0.1, -0.05) is 51.1 Å². The first-order valence-corrected chi connectivity index (χ1v) is 7.81. The number of rotatable bonds is 7. The molecule has 2 unspecified atom stereocenters. The zero-order valence-electron chi connectivity index (χ0n) is 11.4. The lowest BCUT2D eigenvalue weighted by molar-refractivity contribution is 0.389. The molecule has 1 rings (SSSR count). The number of hydrogen-bond donors (Lipinski definition) is 1. The summed E-state index contributed by atoms with van der Waals surface area (Å²) in [6.45, 7) is 7.97. The summed E-state index contributed by atoms with van der Waals surface area (Å²) in [5.41, 5.74) is 1.40. The van der Waals surface area contributed by atoms with E-state index in [0.717, 1.165) is 12.5 Å². The van der Waals surface area contributed by atoms with Crippen molar-refractivity contribution in [1.29, 1.82) is 0 Å². The fourth-order valence-corrected chi connectivity index (χ4v) is 2.76. The lowest BCUT2D eigenvalue weighted by Crippen LogP contribution is -2.30. The quantitative estimate of drug-likeness (QED) is 0.787. The van der Waals surface area contributed by atoms with E-state index in [2.05, 4.69) is 62.7 Å². The van der Waals surface area contributed by atoms with Crippen LogP contribution in [-0.4, -0.2) is 18.6 Å². The molecule has 0 aliphatic carbocycles. The molecule has 17 heavy (non-hydrogen) atoms. The van der Waals surface area contributed by atoms with Crippen LogP contribution in [0.2, 0.25) is 0 Å². The van der Waals surface area contributed by atoms with Crippen molar-refractivity contribution in [3.63, 3.8) is 0 Å². The maximum atomic E-state index is 3.71. The van der Waals surface area contributed by atoms with Crippen LogP contribution < -0.4 is 5.32 Å². The van der Waals surface area contributed by atoms with Crippen LogP contribution in [-0.2, 0) is 0 Å². The minimum atomic E-state index is 0.473. The fraction of sp³-hybridized carbons (Fsp3) is 0.600. The van der Waals surface area contributed by atoms with Crippen LogP contribution in [0.3, 0.4) is 0 Å². The second-order valence-corrected chi connectivity index (χ2v) is 6.01. The Kier molecular flexibility index (Phi) is 6.68. The van der Waals surface area contributed by atoms with E-state index in [0.29, 0.717) is 12.0 Å². The summed E-state index contributed by atoms with van der Waals surface area (Å²) in [5.74, 6) is 2.58. The number of thioether (sulfide) groups is 1. The van der Waals surface area contributed by atoms with Gasteiger partial charge in [-0.3, -0.25) is 0 Å². The second-order valence-electron chi connectivity index (χ2n) is 5.10. The fourth-order valence-electron chi connectivity index (χ4n) is 2.07. The molecule has 0 aromatic heterocycles. The van der Waals surface area contributed by atoms with Crippen molar-refractivity contribution in [2.24, 2.45) is 11.8 Å². The minimum absolute atomic E-state index is 0.473. The first-order valence-electron chi connectivity index (χ1n) is 6.42. The highest BCUT2D eigenvalue weighted by Crippen LogP contribution is 2.21. The van der Waals surface area contributed by atoms with Gasteiger partial charge in [0.2, 0.25) is 0 Å². The van der Waals surface area contributed by atoms with Gasteiger partial charge in [-0.05, 0) is 36.0 Å². The second kappa shape index (κ2) is 7.78. The van der Waals surface area contributed by atoms with Gasteiger partial charge in [0, 0.05) is 6.04 Å². The minimum Gasteiger partial charge on any atom is -0.309 e. The maximum absolute atomic E-state index is 3.71.